The van der Waals surface area contributed by atoms with Gasteiger partial charge < -0.3 is 0 Å². The third kappa shape index (κ3) is 2.28. The van der Waals surface area contributed by atoms with Crippen LogP contribution in [0.25, 0.3) is 0 Å². The van der Waals surface area contributed by atoms with E-state index in [-0.39, 0.29) is 11.3 Å². The first-order valence-corrected chi connectivity index (χ1v) is 7.01. The molecule has 0 aliphatic heterocycles. The molecule has 4 heteroatoms. The summed E-state index contributed by atoms with van der Waals surface area (Å²) in [5, 5.41) is -0.289. The molecule has 0 aromatic carbocycles. The van der Waals surface area contributed by atoms with Crippen molar-refractivity contribution in [2.45, 2.75) is 57.7 Å². The maximum Gasteiger partial charge on any atom is 0.216 e. The van der Waals surface area contributed by atoms with Gasteiger partial charge in [-0.05, 0) is 26.7 Å². The van der Waals surface area contributed by atoms with Crippen LogP contribution < -0.4 is 0 Å². The number of sulfonamides is 1. The Kier molecular flexibility index (Phi) is 3.95. The molecule has 0 N–H and O–H groups in total. The molecule has 3 nitrogen and oxygen atoms in total. The molecule has 0 aromatic rings. The lowest BCUT2D eigenvalue weighted by molar-refractivity contribution is 0.332. The number of hydrogen-bond acceptors (Lipinski definition) is 2. The lowest BCUT2D eigenvalue weighted by Crippen LogP contribution is -2.42. The Morgan fingerprint density at radius 3 is 2.14 bits per heavy atom. The van der Waals surface area contributed by atoms with Gasteiger partial charge in [0.15, 0.2) is 0 Å². The summed E-state index contributed by atoms with van der Waals surface area (Å²) in [6.45, 7) is 6.06. The van der Waals surface area contributed by atoms with Crippen LogP contribution in [0.1, 0.15) is 46.5 Å². The molecule has 84 valence electrons. The fourth-order valence-electron chi connectivity index (χ4n) is 2.11. The first kappa shape index (κ1) is 12.0. The standard InChI is InChI=1S/C10H21NO2S/c1-4-11(10-7-5-6-8-10)14(12,13)9(2)3/h9-10H,4-8H2,1-3H3. The van der Waals surface area contributed by atoms with Crippen molar-refractivity contribution in [1.82, 2.24) is 4.31 Å². The van der Waals surface area contributed by atoms with Crippen LogP contribution in [0.15, 0.2) is 0 Å². The van der Waals surface area contributed by atoms with Crippen LogP contribution in [0.5, 0.6) is 0 Å². The number of rotatable bonds is 4. The minimum absolute atomic E-state index is 0.271. The minimum Gasteiger partial charge on any atom is -0.212 e. The summed E-state index contributed by atoms with van der Waals surface area (Å²) in [7, 11) is -3.04. The highest BCUT2D eigenvalue weighted by molar-refractivity contribution is 7.89. The Balaban J connectivity index is 2.80. The van der Waals surface area contributed by atoms with Gasteiger partial charge in [0.2, 0.25) is 10.0 Å². The Morgan fingerprint density at radius 2 is 1.79 bits per heavy atom. The van der Waals surface area contributed by atoms with E-state index in [1.54, 1.807) is 18.2 Å². The quantitative estimate of drug-likeness (QED) is 0.725. The van der Waals surface area contributed by atoms with Crippen molar-refractivity contribution in [3.05, 3.63) is 0 Å². The SMILES string of the molecule is CCN(C1CCCC1)S(=O)(=O)C(C)C. The molecule has 14 heavy (non-hydrogen) atoms. The fourth-order valence-corrected chi connectivity index (χ4v) is 3.64. The zero-order chi connectivity index (χ0) is 10.8. The molecule has 1 aliphatic rings. The number of nitrogens with zero attached hydrogens (tertiary/aromatic N) is 1. The molecule has 0 aromatic heterocycles. The molecular formula is C10H21NO2S. The third-order valence-electron chi connectivity index (χ3n) is 2.97. The number of hydrogen-bond donors (Lipinski definition) is 0. The van der Waals surface area contributed by atoms with E-state index in [0.717, 1.165) is 12.8 Å². The smallest absolute Gasteiger partial charge is 0.212 e. The molecule has 1 fully saturated rings. The van der Waals surface area contributed by atoms with Crippen molar-refractivity contribution in [2.75, 3.05) is 6.54 Å². The molecule has 1 aliphatic carbocycles. The third-order valence-corrected chi connectivity index (χ3v) is 5.37. The molecule has 0 bridgehead atoms. The van der Waals surface area contributed by atoms with Crippen LogP contribution in [-0.2, 0) is 10.0 Å². The molecular weight excluding hydrogens is 198 g/mol. The molecule has 0 spiro atoms. The van der Waals surface area contributed by atoms with Crippen molar-refractivity contribution in [1.29, 1.82) is 0 Å². The molecule has 0 heterocycles. The lowest BCUT2D eigenvalue weighted by atomic mass is 10.2. The van der Waals surface area contributed by atoms with Crippen LogP contribution >= 0.6 is 0 Å². The van der Waals surface area contributed by atoms with Crippen molar-refractivity contribution in [3.8, 4) is 0 Å². The van der Waals surface area contributed by atoms with E-state index in [9.17, 15) is 8.42 Å². The van der Waals surface area contributed by atoms with Crippen LogP contribution in [0.2, 0.25) is 0 Å². The van der Waals surface area contributed by atoms with E-state index < -0.39 is 10.0 Å². The predicted molar refractivity (Wildman–Crippen MR) is 58.7 cm³/mol. The summed E-state index contributed by atoms with van der Waals surface area (Å²) in [5.74, 6) is 0. The molecule has 0 amide bonds. The minimum atomic E-state index is -3.04. The van der Waals surface area contributed by atoms with Gasteiger partial charge in [-0.25, -0.2) is 8.42 Å². The summed E-state index contributed by atoms with van der Waals surface area (Å²) in [4.78, 5) is 0. The van der Waals surface area contributed by atoms with Crippen LogP contribution in [0.4, 0.5) is 0 Å². The highest BCUT2D eigenvalue weighted by atomic mass is 32.2. The van der Waals surface area contributed by atoms with E-state index in [1.807, 2.05) is 6.92 Å². The van der Waals surface area contributed by atoms with Crippen LogP contribution in [0.3, 0.4) is 0 Å². The highest BCUT2D eigenvalue weighted by Gasteiger charge is 2.32. The van der Waals surface area contributed by atoms with Gasteiger partial charge in [-0.1, -0.05) is 19.8 Å². The van der Waals surface area contributed by atoms with Gasteiger partial charge in [0.1, 0.15) is 0 Å². The zero-order valence-corrected chi connectivity index (χ0v) is 10.2. The molecule has 0 saturated heterocycles. The second-order valence-electron chi connectivity index (χ2n) is 4.24. The van der Waals surface area contributed by atoms with Gasteiger partial charge >= 0.3 is 0 Å². The Morgan fingerprint density at radius 1 is 1.29 bits per heavy atom. The topological polar surface area (TPSA) is 37.4 Å². The Bertz CT molecular complexity index is 266. The maximum absolute atomic E-state index is 12.0. The Labute approximate surface area is 87.5 Å². The first-order valence-electron chi connectivity index (χ1n) is 5.50. The molecule has 1 rings (SSSR count). The molecule has 0 unspecified atom stereocenters. The summed E-state index contributed by atoms with van der Waals surface area (Å²) in [6, 6.07) is 0.271. The van der Waals surface area contributed by atoms with E-state index in [2.05, 4.69) is 0 Å². The van der Waals surface area contributed by atoms with Crippen LogP contribution in [-0.4, -0.2) is 30.6 Å². The second kappa shape index (κ2) is 4.62. The summed E-state index contributed by atoms with van der Waals surface area (Å²) in [6.07, 6.45) is 4.43. The first-order chi connectivity index (χ1) is 6.50. The average molecular weight is 219 g/mol. The molecule has 0 radical (unpaired) electrons. The fraction of sp³-hybridized carbons (Fsp3) is 1.00. The zero-order valence-electron chi connectivity index (χ0n) is 9.36. The van der Waals surface area contributed by atoms with E-state index >= 15 is 0 Å². The average Bonchev–Trinajstić information content (AvgIpc) is 2.57. The van der Waals surface area contributed by atoms with E-state index in [0.29, 0.717) is 6.54 Å². The predicted octanol–water partition coefficient (Wildman–Crippen LogP) is 1.99. The van der Waals surface area contributed by atoms with Gasteiger partial charge in [0, 0.05) is 12.6 Å². The van der Waals surface area contributed by atoms with Gasteiger partial charge in [-0.3, -0.25) is 0 Å². The molecule has 1 saturated carbocycles. The normalized spacial score (nSPS) is 19.8. The van der Waals surface area contributed by atoms with E-state index in [1.165, 1.54) is 12.8 Å². The van der Waals surface area contributed by atoms with Crippen molar-refractivity contribution in [2.24, 2.45) is 0 Å². The highest BCUT2D eigenvalue weighted by Crippen LogP contribution is 2.26. The maximum atomic E-state index is 12.0. The largest absolute Gasteiger partial charge is 0.216 e. The molecule has 0 atom stereocenters. The summed E-state index contributed by atoms with van der Waals surface area (Å²) >= 11 is 0. The van der Waals surface area contributed by atoms with Crippen molar-refractivity contribution < 1.29 is 8.42 Å². The van der Waals surface area contributed by atoms with Crippen molar-refractivity contribution in [3.63, 3.8) is 0 Å². The van der Waals surface area contributed by atoms with Gasteiger partial charge in [-0.15, -0.1) is 0 Å². The van der Waals surface area contributed by atoms with E-state index in [4.69, 9.17) is 0 Å². The second-order valence-corrected chi connectivity index (χ2v) is 6.68. The van der Waals surface area contributed by atoms with Crippen molar-refractivity contribution >= 4 is 10.0 Å². The lowest BCUT2D eigenvalue weighted by Gasteiger charge is -2.28. The van der Waals surface area contributed by atoms with Gasteiger partial charge in [0.05, 0.1) is 5.25 Å². The van der Waals surface area contributed by atoms with Gasteiger partial charge in [0.25, 0.3) is 0 Å². The summed E-state index contributed by atoms with van der Waals surface area (Å²) < 4.78 is 25.6. The van der Waals surface area contributed by atoms with Crippen LogP contribution in [0, 0.1) is 0 Å². The van der Waals surface area contributed by atoms with Gasteiger partial charge in [-0.2, -0.15) is 4.31 Å². The monoisotopic (exact) mass is 219 g/mol. The Hall–Kier alpha value is -0.0900. The summed E-state index contributed by atoms with van der Waals surface area (Å²) in [5.41, 5.74) is 0.